The number of carbonyl (C=O) groups is 1. The minimum Gasteiger partial charge on any atom is -0.711 e. The maximum Gasteiger partial charge on any atom is 0.298 e. The zero-order valence-electron chi connectivity index (χ0n) is 15.6. The van der Waals surface area contributed by atoms with Crippen LogP contribution in [0.5, 0.6) is 0 Å². The van der Waals surface area contributed by atoms with Gasteiger partial charge in [0.15, 0.2) is 6.20 Å². The normalized spacial score (nSPS) is 15.1. The van der Waals surface area contributed by atoms with Crippen LogP contribution in [-0.2, 0) is 10.2 Å². The highest BCUT2D eigenvalue weighted by atomic mass is 16.5. The summed E-state index contributed by atoms with van der Waals surface area (Å²) in [5.41, 5.74) is 3.34. The number of anilines is 2. The second-order valence-electron chi connectivity index (χ2n) is 7.27. The van der Waals surface area contributed by atoms with Crippen LogP contribution in [0, 0.1) is 19.1 Å². The average Bonchev–Trinajstić information content (AvgIpc) is 2.84. The van der Waals surface area contributed by atoms with E-state index in [2.05, 4.69) is 15.0 Å². The lowest BCUT2D eigenvalue weighted by atomic mass is 9.85. The van der Waals surface area contributed by atoms with Gasteiger partial charge in [-0.05, 0) is 43.5 Å². The first-order valence-electron chi connectivity index (χ1n) is 8.63. The van der Waals surface area contributed by atoms with Crippen LogP contribution in [0.15, 0.2) is 43.0 Å². The number of amides is 1. The van der Waals surface area contributed by atoms with Crippen LogP contribution in [0.3, 0.4) is 0 Å². The van der Waals surface area contributed by atoms with Gasteiger partial charge in [0.25, 0.3) is 5.82 Å². The van der Waals surface area contributed by atoms with Crippen molar-refractivity contribution in [2.45, 2.75) is 33.1 Å². The van der Waals surface area contributed by atoms with Crippen molar-refractivity contribution in [1.29, 1.82) is 0 Å². The average molecular weight is 361 g/mol. The van der Waals surface area contributed by atoms with E-state index in [0.717, 1.165) is 27.1 Å². The van der Waals surface area contributed by atoms with Crippen LogP contribution in [-0.4, -0.2) is 20.9 Å². The lowest BCUT2D eigenvalue weighted by Gasteiger charge is -2.18. The van der Waals surface area contributed by atoms with Gasteiger partial charge in [-0.2, -0.15) is 0 Å². The van der Waals surface area contributed by atoms with E-state index < -0.39 is 5.41 Å². The summed E-state index contributed by atoms with van der Waals surface area (Å²) in [5.74, 6) is 0.640. The van der Waals surface area contributed by atoms with Crippen molar-refractivity contribution >= 4 is 17.5 Å². The summed E-state index contributed by atoms with van der Waals surface area (Å²) in [6, 6.07) is 5.71. The van der Waals surface area contributed by atoms with Gasteiger partial charge in [-0.15, -0.1) is 0 Å². The Labute approximate surface area is 156 Å². The fourth-order valence-corrected chi connectivity index (χ4v) is 3.25. The van der Waals surface area contributed by atoms with Gasteiger partial charge in [-0.1, -0.05) is 17.1 Å². The van der Waals surface area contributed by atoms with Gasteiger partial charge in [0.1, 0.15) is 6.20 Å². The molecule has 0 aliphatic carbocycles. The molecule has 4 rings (SSSR count). The van der Waals surface area contributed by atoms with Crippen LogP contribution < -0.4 is 9.63 Å². The third kappa shape index (κ3) is 2.63. The number of carbonyl (C=O) groups excluding carboxylic acids is 1. The topological polar surface area (TPSA) is 85.9 Å². The number of hydrogen-bond acceptors (Lipinski definition) is 5. The van der Waals surface area contributed by atoms with Crippen molar-refractivity contribution in [2.75, 3.05) is 4.90 Å². The number of rotatable bonds is 2. The lowest BCUT2D eigenvalue weighted by molar-refractivity contribution is -0.615. The molecule has 7 nitrogen and oxygen atoms in total. The predicted octanol–water partition coefficient (Wildman–Crippen LogP) is 2.74. The zero-order chi connectivity index (χ0) is 19.3. The third-order valence-electron chi connectivity index (χ3n) is 4.92. The number of aromatic nitrogens is 4. The Morgan fingerprint density at radius 2 is 1.74 bits per heavy atom. The summed E-state index contributed by atoms with van der Waals surface area (Å²) >= 11 is 0. The number of aryl methyl sites for hydroxylation is 2. The SMILES string of the molecule is Cc1cnc(N2C(=O)C(C)(C)c3ccc(-c4cnc(C)[n+]([O-])c4)cc32)nc1. The molecule has 3 aromatic rings. The number of nitrogens with zero attached hydrogens (tertiary/aromatic N) is 5. The molecule has 1 aliphatic rings. The Morgan fingerprint density at radius 1 is 1.04 bits per heavy atom. The molecule has 1 aromatic carbocycles. The van der Waals surface area contributed by atoms with Crippen molar-refractivity contribution < 1.29 is 9.52 Å². The van der Waals surface area contributed by atoms with E-state index >= 15 is 0 Å². The van der Waals surface area contributed by atoms with Crippen molar-refractivity contribution in [3.05, 3.63) is 65.1 Å². The van der Waals surface area contributed by atoms with E-state index in [1.54, 1.807) is 30.4 Å². The van der Waals surface area contributed by atoms with Crippen LogP contribution in [0.4, 0.5) is 11.6 Å². The van der Waals surface area contributed by atoms with Crippen LogP contribution in [0.2, 0.25) is 0 Å². The molecule has 2 aromatic heterocycles. The Morgan fingerprint density at radius 3 is 2.41 bits per heavy atom. The molecule has 27 heavy (non-hydrogen) atoms. The standard InChI is InChI=1S/C20H19N5O2/c1-12-8-22-19(23-9-12)25-17-7-14(15-10-21-13(2)24(27)11-15)5-6-16(17)20(3,4)18(25)26/h5-11H,1-4H3. The molecule has 0 saturated heterocycles. The Hall–Kier alpha value is -3.35. The van der Waals surface area contributed by atoms with E-state index in [0.29, 0.717) is 17.3 Å². The van der Waals surface area contributed by atoms with Gasteiger partial charge in [-0.3, -0.25) is 4.79 Å². The fourth-order valence-electron chi connectivity index (χ4n) is 3.25. The van der Waals surface area contributed by atoms with Crippen molar-refractivity contribution in [2.24, 2.45) is 0 Å². The first kappa shape index (κ1) is 17.1. The summed E-state index contributed by atoms with van der Waals surface area (Å²) < 4.78 is 0.735. The van der Waals surface area contributed by atoms with Gasteiger partial charge in [0.05, 0.1) is 16.7 Å². The van der Waals surface area contributed by atoms with Crippen LogP contribution >= 0.6 is 0 Å². The summed E-state index contributed by atoms with van der Waals surface area (Å²) in [4.78, 5) is 27.4. The van der Waals surface area contributed by atoms with Crippen molar-refractivity contribution in [3.63, 3.8) is 0 Å². The highest BCUT2D eigenvalue weighted by Gasteiger charge is 2.45. The summed E-state index contributed by atoms with van der Waals surface area (Å²) in [7, 11) is 0. The van der Waals surface area contributed by atoms with Crippen molar-refractivity contribution in [1.82, 2.24) is 15.0 Å². The second kappa shape index (κ2) is 5.84. The smallest absolute Gasteiger partial charge is 0.298 e. The molecule has 0 spiro atoms. The lowest BCUT2D eigenvalue weighted by Crippen LogP contribution is -2.34. The first-order valence-corrected chi connectivity index (χ1v) is 8.63. The molecule has 0 saturated carbocycles. The zero-order valence-corrected chi connectivity index (χ0v) is 15.6. The maximum atomic E-state index is 13.1. The molecule has 1 aliphatic heterocycles. The molecule has 3 heterocycles. The molecule has 7 heteroatoms. The third-order valence-corrected chi connectivity index (χ3v) is 4.92. The van der Waals surface area contributed by atoms with Gasteiger partial charge in [-0.25, -0.2) is 19.6 Å². The molecular formula is C20H19N5O2. The summed E-state index contributed by atoms with van der Waals surface area (Å²) in [5, 5.41) is 11.9. The van der Waals surface area contributed by atoms with E-state index in [9.17, 15) is 10.0 Å². The highest BCUT2D eigenvalue weighted by Crippen LogP contribution is 2.45. The summed E-state index contributed by atoms with van der Waals surface area (Å²) in [6.45, 7) is 7.33. The second-order valence-corrected chi connectivity index (χ2v) is 7.27. The first-order chi connectivity index (χ1) is 12.8. The Balaban J connectivity index is 1.88. The Kier molecular flexibility index (Phi) is 3.69. The molecule has 0 atom stereocenters. The highest BCUT2D eigenvalue weighted by molar-refractivity contribution is 6.11. The monoisotopic (exact) mass is 361 g/mol. The number of hydrogen-bond donors (Lipinski definition) is 0. The van der Waals surface area contributed by atoms with E-state index in [-0.39, 0.29) is 5.91 Å². The van der Waals surface area contributed by atoms with Gasteiger partial charge >= 0.3 is 0 Å². The molecule has 0 fully saturated rings. The predicted molar refractivity (Wildman–Crippen MR) is 100 cm³/mol. The minimum absolute atomic E-state index is 0.0839. The molecule has 1 amide bonds. The minimum atomic E-state index is -0.688. The molecule has 0 unspecified atom stereocenters. The molecular weight excluding hydrogens is 342 g/mol. The van der Waals surface area contributed by atoms with E-state index in [1.807, 2.05) is 39.0 Å². The molecule has 136 valence electrons. The number of fused-ring (bicyclic) bond motifs is 1. The van der Waals surface area contributed by atoms with E-state index in [1.165, 1.54) is 6.20 Å². The number of benzene rings is 1. The van der Waals surface area contributed by atoms with Crippen LogP contribution in [0.25, 0.3) is 11.1 Å². The van der Waals surface area contributed by atoms with Gasteiger partial charge in [0.2, 0.25) is 11.9 Å². The van der Waals surface area contributed by atoms with Gasteiger partial charge in [0, 0.05) is 19.3 Å². The molecule has 0 N–H and O–H groups in total. The van der Waals surface area contributed by atoms with E-state index in [4.69, 9.17) is 0 Å². The Bertz CT molecular complexity index is 1060. The fraction of sp³-hybridized carbons (Fsp3) is 0.250. The van der Waals surface area contributed by atoms with Crippen LogP contribution in [0.1, 0.15) is 30.8 Å². The van der Waals surface area contributed by atoms with Crippen molar-refractivity contribution in [3.8, 4) is 11.1 Å². The molecule has 0 radical (unpaired) electrons. The quantitative estimate of drug-likeness (QED) is 0.517. The summed E-state index contributed by atoms with van der Waals surface area (Å²) in [6.07, 6.45) is 6.52. The molecule has 0 bridgehead atoms. The van der Waals surface area contributed by atoms with Gasteiger partial charge < -0.3 is 5.21 Å². The largest absolute Gasteiger partial charge is 0.711 e. The maximum absolute atomic E-state index is 13.1.